The van der Waals surface area contributed by atoms with Gasteiger partial charge in [0, 0.05) is 6.21 Å². The van der Waals surface area contributed by atoms with Crippen molar-refractivity contribution in [3.8, 4) is 0 Å². The molecule has 1 rings (SSSR count). The lowest BCUT2D eigenvalue weighted by Crippen LogP contribution is -2.21. The number of nitrogens with zero attached hydrogens (tertiary/aromatic N) is 1. The molecule has 0 bridgehead atoms. The van der Waals surface area contributed by atoms with E-state index in [-0.39, 0.29) is 6.10 Å². The molecule has 10 heavy (non-hydrogen) atoms. The molecule has 0 unspecified atom stereocenters. The number of aliphatic imine (C=N–C) groups is 1. The number of hydrogen-bond donors (Lipinski definition) is 0. The Balaban J connectivity index is 2.46. The van der Waals surface area contributed by atoms with E-state index in [0.717, 1.165) is 0 Å². The van der Waals surface area contributed by atoms with E-state index >= 15 is 0 Å². The Morgan fingerprint density at radius 2 is 2.50 bits per heavy atom. The lowest BCUT2D eigenvalue weighted by atomic mass is 10.5. The predicted octanol–water partition coefficient (Wildman–Crippen LogP) is -0.0250. The third-order valence-electron chi connectivity index (χ3n) is 1.18. The summed E-state index contributed by atoms with van der Waals surface area (Å²) in [5.41, 5.74) is 0. The first-order valence-corrected chi connectivity index (χ1v) is 3.00. The fourth-order valence-corrected chi connectivity index (χ4v) is 0.690. The van der Waals surface area contributed by atoms with Gasteiger partial charge in [-0.15, -0.1) is 0 Å². The van der Waals surface area contributed by atoms with Crippen LogP contribution in [-0.2, 0) is 14.3 Å². The van der Waals surface area contributed by atoms with Crippen molar-refractivity contribution in [2.75, 3.05) is 7.11 Å². The van der Waals surface area contributed by atoms with Gasteiger partial charge in [-0.3, -0.25) is 4.99 Å². The highest BCUT2D eigenvalue weighted by molar-refractivity contribution is 5.79. The molecule has 0 aliphatic carbocycles. The van der Waals surface area contributed by atoms with Crippen molar-refractivity contribution >= 4 is 12.2 Å². The summed E-state index contributed by atoms with van der Waals surface area (Å²) < 4.78 is 9.42. The molecule has 0 spiro atoms. The molecule has 0 aromatic rings. The van der Waals surface area contributed by atoms with Crippen LogP contribution in [0.4, 0.5) is 0 Å². The molecule has 1 aliphatic rings. The van der Waals surface area contributed by atoms with Crippen LogP contribution >= 0.6 is 0 Å². The zero-order valence-corrected chi connectivity index (χ0v) is 5.90. The molecule has 4 heteroatoms. The monoisotopic (exact) mass is 143 g/mol. The number of carbonyl (C=O) groups excluding carboxylic acids is 1. The van der Waals surface area contributed by atoms with E-state index in [1.54, 1.807) is 6.21 Å². The topological polar surface area (TPSA) is 47.9 Å². The predicted molar refractivity (Wildman–Crippen MR) is 34.8 cm³/mol. The van der Waals surface area contributed by atoms with Gasteiger partial charge in [0.1, 0.15) is 0 Å². The van der Waals surface area contributed by atoms with Gasteiger partial charge < -0.3 is 9.47 Å². The van der Waals surface area contributed by atoms with Gasteiger partial charge in [-0.2, -0.15) is 0 Å². The number of hydrogen-bond acceptors (Lipinski definition) is 4. The first-order valence-electron chi connectivity index (χ1n) is 3.00. The quantitative estimate of drug-likeness (QED) is 0.484. The summed E-state index contributed by atoms with van der Waals surface area (Å²) >= 11 is 0. The number of methoxy groups -OCH3 is 1. The zero-order chi connectivity index (χ0) is 7.56. The van der Waals surface area contributed by atoms with Gasteiger partial charge >= 0.3 is 5.97 Å². The summed E-state index contributed by atoms with van der Waals surface area (Å²) in [6, 6.07) is 0. The van der Waals surface area contributed by atoms with Crippen molar-refractivity contribution in [1.29, 1.82) is 0 Å². The molecule has 4 nitrogen and oxygen atoms in total. The molecule has 2 atom stereocenters. The van der Waals surface area contributed by atoms with Crippen LogP contribution < -0.4 is 0 Å². The van der Waals surface area contributed by atoms with Crippen LogP contribution in [0.3, 0.4) is 0 Å². The van der Waals surface area contributed by atoms with E-state index < -0.39 is 12.2 Å². The van der Waals surface area contributed by atoms with E-state index in [1.807, 2.05) is 6.92 Å². The van der Waals surface area contributed by atoms with Crippen molar-refractivity contribution in [3.05, 3.63) is 0 Å². The maximum Gasteiger partial charge on any atom is 0.358 e. The minimum atomic E-state index is -0.736. The molecule has 0 aromatic carbocycles. The van der Waals surface area contributed by atoms with Crippen molar-refractivity contribution in [3.63, 3.8) is 0 Å². The molecule has 56 valence electrons. The Morgan fingerprint density at radius 3 is 2.90 bits per heavy atom. The Labute approximate surface area is 58.8 Å². The molecule has 0 amide bonds. The zero-order valence-electron chi connectivity index (χ0n) is 5.90. The van der Waals surface area contributed by atoms with Gasteiger partial charge in [0.2, 0.25) is 6.23 Å². The van der Waals surface area contributed by atoms with Crippen LogP contribution in [-0.4, -0.2) is 31.6 Å². The summed E-state index contributed by atoms with van der Waals surface area (Å²) in [5, 5.41) is 0. The standard InChI is InChI=1S/C6H9NO3/c1-4-3-7-5(10-4)6(8)9-2/h3-5H,1-2H3/t4-,5-/m0/s1. The van der Waals surface area contributed by atoms with Crippen LogP contribution in [0.2, 0.25) is 0 Å². The lowest BCUT2D eigenvalue weighted by molar-refractivity contribution is -0.153. The number of ether oxygens (including phenoxy) is 2. The van der Waals surface area contributed by atoms with Crippen LogP contribution in [0.25, 0.3) is 0 Å². The van der Waals surface area contributed by atoms with Crippen molar-refractivity contribution in [2.45, 2.75) is 19.3 Å². The average molecular weight is 143 g/mol. The molecule has 1 heterocycles. The molecular formula is C6H9NO3. The third kappa shape index (κ3) is 1.33. The van der Waals surface area contributed by atoms with E-state index in [4.69, 9.17) is 4.74 Å². The summed E-state index contributed by atoms with van der Waals surface area (Å²) in [6.45, 7) is 1.81. The number of rotatable bonds is 1. The van der Waals surface area contributed by atoms with E-state index in [2.05, 4.69) is 9.73 Å². The van der Waals surface area contributed by atoms with Crippen LogP contribution in [0.15, 0.2) is 4.99 Å². The van der Waals surface area contributed by atoms with Gasteiger partial charge in [-0.25, -0.2) is 4.79 Å². The largest absolute Gasteiger partial charge is 0.466 e. The molecule has 1 aliphatic heterocycles. The SMILES string of the molecule is COC(=O)[C@H]1N=C[C@H](C)O1. The number of esters is 1. The van der Waals surface area contributed by atoms with Crippen LogP contribution in [0.5, 0.6) is 0 Å². The van der Waals surface area contributed by atoms with Crippen molar-refractivity contribution in [1.82, 2.24) is 0 Å². The Hall–Kier alpha value is -0.900. The normalized spacial score (nSPS) is 30.6. The first kappa shape index (κ1) is 7.21. The Morgan fingerprint density at radius 1 is 1.80 bits per heavy atom. The van der Waals surface area contributed by atoms with Gasteiger partial charge in [-0.05, 0) is 6.92 Å². The molecule has 0 saturated carbocycles. The fourth-order valence-electron chi connectivity index (χ4n) is 0.690. The molecular weight excluding hydrogens is 134 g/mol. The minimum Gasteiger partial charge on any atom is -0.466 e. The second-order valence-electron chi connectivity index (χ2n) is 2.01. The maximum absolute atomic E-state index is 10.7. The second kappa shape index (κ2) is 2.79. The molecule has 0 fully saturated rings. The van der Waals surface area contributed by atoms with Crippen molar-refractivity contribution in [2.24, 2.45) is 4.99 Å². The highest BCUT2D eigenvalue weighted by Crippen LogP contribution is 2.07. The summed E-state index contributed by atoms with van der Waals surface area (Å²) in [6.07, 6.45) is 0.769. The maximum atomic E-state index is 10.7. The van der Waals surface area contributed by atoms with Crippen LogP contribution in [0.1, 0.15) is 6.92 Å². The smallest absolute Gasteiger partial charge is 0.358 e. The highest BCUT2D eigenvalue weighted by Gasteiger charge is 2.24. The van der Waals surface area contributed by atoms with Crippen LogP contribution in [0, 0.1) is 0 Å². The molecule has 0 N–H and O–H groups in total. The van der Waals surface area contributed by atoms with E-state index in [9.17, 15) is 4.79 Å². The molecule has 0 saturated heterocycles. The van der Waals surface area contributed by atoms with E-state index in [0.29, 0.717) is 0 Å². The second-order valence-corrected chi connectivity index (χ2v) is 2.01. The first-order chi connectivity index (χ1) is 4.74. The highest BCUT2D eigenvalue weighted by atomic mass is 16.6. The fraction of sp³-hybridized carbons (Fsp3) is 0.667. The minimum absolute atomic E-state index is 0.0795. The Bertz CT molecular complexity index is 166. The van der Waals surface area contributed by atoms with E-state index in [1.165, 1.54) is 7.11 Å². The van der Waals surface area contributed by atoms with Gasteiger partial charge in [0.25, 0.3) is 0 Å². The summed E-state index contributed by atoms with van der Waals surface area (Å²) in [4.78, 5) is 14.5. The lowest BCUT2D eigenvalue weighted by Gasteiger charge is -2.05. The van der Waals surface area contributed by atoms with Gasteiger partial charge in [0.05, 0.1) is 13.2 Å². The van der Waals surface area contributed by atoms with Gasteiger partial charge in [0.15, 0.2) is 0 Å². The van der Waals surface area contributed by atoms with Gasteiger partial charge in [-0.1, -0.05) is 0 Å². The van der Waals surface area contributed by atoms with Crippen molar-refractivity contribution < 1.29 is 14.3 Å². The summed E-state index contributed by atoms with van der Waals surface area (Å²) in [5.74, 6) is -0.444. The summed E-state index contributed by atoms with van der Waals surface area (Å²) in [7, 11) is 1.31. The third-order valence-corrected chi connectivity index (χ3v) is 1.18. The molecule has 0 aromatic heterocycles. The average Bonchev–Trinajstić information content (AvgIpc) is 2.34. The Kier molecular flexibility index (Phi) is 2.01. The number of carbonyl (C=O) groups is 1. The molecule has 0 radical (unpaired) electrons.